The molecule has 0 fully saturated rings. The monoisotopic (exact) mass is 382 g/mol. The second-order valence-electron chi connectivity index (χ2n) is 7.00. The third-order valence-corrected chi connectivity index (χ3v) is 5.52. The zero-order chi connectivity index (χ0) is 19.2. The van der Waals surface area contributed by atoms with Crippen LogP contribution in [0.1, 0.15) is 39.9 Å². The Kier molecular flexibility index (Phi) is 6.56. The number of rotatable bonds is 7. The third kappa shape index (κ3) is 5.13. The van der Waals surface area contributed by atoms with Gasteiger partial charge in [-0.15, -0.1) is 0 Å². The van der Waals surface area contributed by atoms with Crippen molar-refractivity contribution in [1.29, 1.82) is 0 Å². The first kappa shape index (κ1) is 19.5. The highest BCUT2D eigenvalue weighted by Gasteiger charge is 2.22. The minimum atomic E-state index is -0.557. The molecule has 0 bridgehead atoms. The van der Waals surface area contributed by atoms with Gasteiger partial charge < -0.3 is 10.6 Å². The van der Waals surface area contributed by atoms with Crippen molar-refractivity contribution in [1.82, 2.24) is 5.32 Å². The van der Waals surface area contributed by atoms with E-state index in [9.17, 15) is 9.59 Å². The van der Waals surface area contributed by atoms with E-state index in [1.807, 2.05) is 37.4 Å². The van der Waals surface area contributed by atoms with Crippen LogP contribution < -0.4 is 10.6 Å². The van der Waals surface area contributed by atoms with E-state index in [0.29, 0.717) is 12.0 Å². The molecule has 0 spiro atoms. The molecular weight excluding hydrogens is 356 g/mol. The third-order valence-electron chi connectivity index (χ3n) is 4.88. The van der Waals surface area contributed by atoms with Gasteiger partial charge in [-0.25, -0.2) is 0 Å². The summed E-state index contributed by atoms with van der Waals surface area (Å²) in [5, 5.41) is 5.89. The standard InChI is InChI=1S/C22H26N2O2S/c1-15-5-3-8-18(13-15)21(25)24-20(11-12-27-2)22(26)23-19-10-9-16-6-4-7-17(16)14-19/h3,5,8-10,13-14,20H,4,6-7,11-12H2,1-2H3,(H,23,26)(H,24,25). The summed E-state index contributed by atoms with van der Waals surface area (Å²) in [7, 11) is 0. The summed E-state index contributed by atoms with van der Waals surface area (Å²) in [6.45, 7) is 1.95. The van der Waals surface area contributed by atoms with Crippen LogP contribution in [-0.2, 0) is 17.6 Å². The van der Waals surface area contributed by atoms with Gasteiger partial charge in [0.25, 0.3) is 5.91 Å². The van der Waals surface area contributed by atoms with Crippen molar-refractivity contribution in [3.63, 3.8) is 0 Å². The number of hydrogen-bond acceptors (Lipinski definition) is 3. The predicted octanol–water partition coefficient (Wildman–Crippen LogP) is 3.97. The van der Waals surface area contributed by atoms with Crippen molar-refractivity contribution >= 4 is 29.3 Å². The Morgan fingerprint density at radius 3 is 2.70 bits per heavy atom. The molecule has 1 aliphatic rings. The normalized spacial score (nSPS) is 13.7. The lowest BCUT2D eigenvalue weighted by atomic mass is 10.1. The molecule has 1 aliphatic carbocycles. The second-order valence-corrected chi connectivity index (χ2v) is 7.99. The van der Waals surface area contributed by atoms with Crippen LogP contribution in [0, 0.1) is 6.92 Å². The number of carbonyl (C=O) groups excluding carboxylic acids is 2. The highest BCUT2D eigenvalue weighted by molar-refractivity contribution is 7.98. The number of aryl methyl sites for hydroxylation is 3. The molecule has 2 N–H and O–H groups in total. The van der Waals surface area contributed by atoms with Crippen molar-refractivity contribution < 1.29 is 9.59 Å². The molecule has 0 saturated carbocycles. The van der Waals surface area contributed by atoms with Gasteiger partial charge in [-0.2, -0.15) is 11.8 Å². The average Bonchev–Trinajstić information content (AvgIpc) is 3.12. The lowest BCUT2D eigenvalue weighted by Gasteiger charge is -2.19. The molecule has 4 nitrogen and oxygen atoms in total. The number of hydrogen-bond donors (Lipinski definition) is 2. The van der Waals surface area contributed by atoms with Crippen LogP contribution in [0.25, 0.3) is 0 Å². The molecule has 2 amide bonds. The van der Waals surface area contributed by atoms with E-state index in [4.69, 9.17) is 0 Å². The predicted molar refractivity (Wildman–Crippen MR) is 113 cm³/mol. The zero-order valence-electron chi connectivity index (χ0n) is 15.9. The number of carbonyl (C=O) groups is 2. The van der Waals surface area contributed by atoms with Gasteiger partial charge in [0.05, 0.1) is 0 Å². The van der Waals surface area contributed by atoms with Gasteiger partial charge in [-0.05, 0) is 80.0 Å². The summed E-state index contributed by atoms with van der Waals surface area (Å²) in [5.74, 6) is 0.424. The van der Waals surface area contributed by atoms with Crippen molar-refractivity contribution in [3.8, 4) is 0 Å². The van der Waals surface area contributed by atoms with E-state index in [2.05, 4.69) is 22.8 Å². The molecule has 2 aromatic rings. The fourth-order valence-corrected chi connectivity index (χ4v) is 3.88. The van der Waals surface area contributed by atoms with Gasteiger partial charge in [0.15, 0.2) is 0 Å². The maximum Gasteiger partial charge on any atom is 0.251 e. The molecule has 0 aliphatic heterocycles. The number of nitrogens with one attached hydrogen (secondary N) is 2. The Morgan fingerprint density at radius 2 is 1.93 bits per heavy atom. The fraction of sp³-hybridized carbons (Fsp3) is 0.364. The van der Waals surface area contributed by atoms with E-state index < -0.39 is 6.04 Å². The summed E-state index contributed by atoms with van der Waals surface area (Å²) in [5.41, 5.74) is 5.09. The fourth-order valence-electron chi connectivity index (χ4n) is 3.41. The van der Waals surface area contributed by atoms with Crippen LogP contribution in [0.15, 0.2) is 42.5 Å². The number of anilines is 1. The van der Waals surface area contributed by atoms with E-state index >= 15 is 0 Å². The highest BCUT2D eigenvalue weighted by Crippen LogP contribution is 2.25. The molecule has 0 saturated heterocycles. The molecular formula is C22H26N2O2S. The molecule has 27 heavy (non-hydrogen) atoms. The smallest absolute Gasteiger partial charge is 0.251 e. The number of thioether (sulfide) groups is 1. The van der Waals surface area contributed by atoms with Gasteiger partial charge in [0, 0.05) is 11.3 Å². The maximum atomic E-state index is 12.8. The van der Waals surface area contributed by atoms with Gasteiger partial charge in [-0.3, -0.25) is 9.59 Å². The van der Waals surface area contributed by atoms with Crippen LogP contribution >= 0.6 is 11.8 Å². The highest BCUT2D eigenvalue weighted by atomic mass is 32.2. The summed E-state index contributed by atoms with van der Waals surface area (Å²) in [6.07, 6.45) is 5.95. The lowest BCUT2D eigenvalue weighted by molar-refractivity contribution is -0.118. The van der Waals surface area contributed by atoms with Crippen LogP contribution in [0.4, 0.5) is 5.69 Å². The second kappa shape index (κ2) is 9.09. The van der Waals surface area contributed by atoms with Crippen LogP contribution in [0.3, 0.4) is 0 Å². The summed E-state index contributed by atoms with van der Waals surface area (Å²) in [4.78, 5) is 25.4. The summed E-state index contributed by atoms with van der Waals surface area (Å²) >= 11 is 1.66. The van der Waals surface area contributed by atoms with Crippen LogP contribution in [0.2, 0.25) is 0 Å². The van der Waals surface area contributed by atoms with Crippen LogP contribution in [0.5, 0.6) is 0 Å². The molecule has 0 radical (unpaired) electrons. The molecule has 1 atom stereocenters. The van der Waals surface area contributed by atoms with E-state index in [1.165, 1.54) is 17.5 Å². The first-order valence-corrected chi connectivity index (χ1v) is 10.8. The van der Waals surface area contributed by atoms with E-state index in [-0.39, 0.29) is 11.8 Å². The molecule has 2 aromatic carbocycles. The Hall–Kier alpha value is -2.27. The van der Waals surface area contributed by atoms with Crippen molar-refractivity contribution in [2.24, 2.45) is 0 Å². The van der Waals surface area contributed by atoms with Gasteiger partial charge in [0.2, 0.25) is 5.91 Å². The Labute approximate surface area is 165 Å². The molecule has 3 rings (SSSR count). The Morgan fingerprint density at radius 1 is 1.11 bits per heavy atom. The Bertz CT molecular complexity index is 835. The first-order chi connectivity index (χ1) is 13.1. The van der Waals surface area contributed by atoms with E-state index in [1.54, 1.807) is 17.8 Å². The summed E-state index contributed by atoms with van der Waals surface area (Å²) < 4.78 is 0. The van der Waals surface area contributed by atoms with Crippen LogP contribution in [-0.4, -0.2) is 29.9 Å². The number of fused-ring (bicyclic) bond motifs is 1. The van der Waals surface area contributed by atoms with E-state index in [0.717, 1.165) is 29.8 Å². The number of benzene rings is 2. The molecule has 0 aromatic heterocycles. The van der Waals surface area contributed by atoms with Gasteiger partial charge in [-0.1, -0.05) is 23.8 Å². The molecule has 1 unspecified atom stereocenters. The molecule has 5 heteroatoms. The SMILES string of the molecule is CSCCC(NC(=O)c1cccc(C)c1)C(=O)Nc1ccc2c(c1)CCC2. The quantitative estimate of drug-likeness (QED) is 0.762. The van der Waals surface area contributed by atoms with Gasteiger partial charge >= 0.3 is 0 Å². The zero-order valence-corrected chi connectivity index (χ0v) is 16.7. The molecule has 0 heterocycles. The minimum Gasteiger partial charge on any atom is -0.340 e. The first-order valence-electron chi connectivity index (χ1n) is 9.36. The minimum absolute atomic E-state index is 0.164. The summed E-state index contributed by atoms with van der Waals surface area (Å²) in [6, 6.07) is 13.0. The average molecular weight is 383 g/mol. The topological polar surface area (TPSA) is 58.2 Å². The lowest BCUT2D eigenvalue weighted by Crippen LogP contribution is -2.44. The van der Waals surface area contributed by atoms with Crippen molar-refractivity contribution in [3.05, 3.63) is 64.7 Å². The largest absolute Gasteiger partial charge is 0.340 e. The number of amides is 2. The van der Waals surface area contributed by atoms with Gasteiger partial charge in [0.1, 0.15) is 6.04 Å². The Balaban J connectivity index is 1.69. The molecule has 142 valence electrons. The van der Waals surface area contributed by atoms with Crippen molar-refractivity contribution in [2.45, 2.75) is 38.6 Å². The maximum absolute atomic E-state index is 12.8. The van der Waals surface area contributed by atoms with Crippen molar-refractivity contribution in [2.75, 3.05) is 17.3 Å².